The summed E-state index contributed by atoms with van der Waals surface area (Å²) in [4.78, 5) is 11.1. The third kappa shape index (κ3) is 4.41. The molecule has 1 aliphatic heterocycles. The number of nitrogens with zero attached hydrogens (tertiary/aromatic N) is 3. The maximum atomic E-state index is 6.16. The molecule has 1 aliphatic carbocycles. The molecule has 0 amide bonds. The molecular weight excluding hydrogens is 286 g/mol. The number of allylic oxidation sites excluding steroid dienone is 3. The van der Waals surface area contributed by atoms with E-state index in [1.807, 2.05) is 19.1 Å². The first-order valence-corrected chi connectivity index (χ1v) is 8.69. The van der Waals surface area contributed by atoms with Crippen molar-refractivity contribution >= 4 is 0 Å². The zero-order valence-electron chi connectivity index (χ0n) is 14.0. The minimum absolute atomic E-state index is 0.162. The first-order chi connectivity index (χ1) is 11.2. The average Bonchev–Trinajstić information content (AvgIpc) is 2.95. The van der Waals surface area contributed by atoms with Gasteiger partial charge < -0.3 is 4.74 Å². The summed E-state index contributed by atoms with van der Waals surface area (Å²) >= 11 is 0. The molecule has 2 aliphatic rings. The molecular formula is C19H27N3O. The van der Waals surface area contributed by atoms with Crippen LogP contribution in [-0.2, 0) is 0 Å². The first kappa shape index (κ1) is 16.2. The largest absolute Gasteiger partial charge is 0.473 e. The fourth-order valence-electron chi connectivity index (χ4n) is 3.71. The van der Waals surface area contributed by atoms with Crippen LogP contribution in [-0.4, -0.2) is 40.6 Å². The number of aromatic nitrogens is 2. The van der Waals surface area contributed by atoms with Gasteiger partial charge in [0.15, 0.2) is 0 Å². The fraction of sp³-hybridized carbons (Fsp3) is 0.579. The summed E-state index contributed by atoms with van der Waals surface area (Å²) in [5.41, 5.74) is 0. The second-order valence-electron chi connectivity index (χ2n) is 6.73. The summed E-state index contributed by atoms with van der Waals surface area (Å²) in [6, 6.07) is 1.85. The monoisotopic (exact) mass is 313 g/mol. The summed E-state index contributed by atoms with van der Waals surface area (Å²) in [5.74, 6) is 3.11. The Bertz CT molecular complexity index is 541. The number of hydrogen-bond donors (Lipinski definition) is 0. The molecule has 3 unspecified atom stereocenters. The van der Waals surface area contributed by atoms with Gasteiger partial charge in [0.05, 0.1) is 0 Å². The molecule has 1 aromatic heterocycles. The summed E-state index contributed by atoms with van der Waals surface area (Å²) in [6.45, 7) is 9.11. The van der Waals surface area contributed by atoms with Gasteiger partial charge in [0.25, 0.3) is 0 Å². The molecule has 0 saturated carbocycles. The van der Waals surface area contributed by atoms with Gasteiger partial charge in [-0.15, -0.1) is 6.58 Å². The van der Waals surface area contributed by atoms with Crippen molar-refractivity contribution in [3.8, 4) is 5.88 Å². The fourth-order valence-corrected chi connectivity index (χ4v) is 3.71. The number of likely N-dealkylation sites (tertiary alicyclic amines) is 1. The van der Waals surface area contributed by atoms with Gasteiger partial charge in [-0.2, -0.15) is 4.98 Å². The molecule has 1 aromatic rings. The second-order valence-corrected chi connectivity index (χ2v) is 6.73. The summed E-state index contributed by atoms with van der Waals surface area (Å²) < 4.78 is 6.16. The van der Waals surface area contributed by atoms with Crippen LogP contribution in [0.25, 0.3) is 0 Å². The number of aryl methyl sites for hydroxylation is 1. The Labute approximate surface area is 139 Å². The molecule has 0 spiro atoms. The molecule has 1 fully saturated rings. The van der Waals surface area contributed by atoms with Crippen molar-refractivity contribution in [1.29, 1.82) is 0 Å². The molecule has 4 heteroatoms. The highest BCUT2D eigenvalue weighted by Gasteiger charge is 2.33. The third-order valence-electron chi connectivity index (χ3n) is 4.89. The van der Waals surface area contributed by atoms with Crippen LogP contribution >= 0.6 is 0 Å². The Morgan fingerprint density at radius 1 is 1.35 bits per heavy atom. The predicted molar refractivity (Wildman–Crippen MR) is 92.4 cm³/mol. The van der Waals surface area contributed by atoms with Gasteiger partial charge in [-0.1, -0.05) is 18.2 Å². The lowest BCUT2D eigenvalue weighted by Crippen LogP contribution is -2.34. The summed E-state index contributed by atoms with van der Waals surface area (Å²) in [5, 5.41) is 0. The molecule has 2 heterocycles. The van der Waals surface area contributed by atoms with Gasteiger partial charge in [0.2, 0.25) is 5.88 Å². The van der Waals surface area contributed by atoms with Crippen LogP contribution in [0.1, 0.15) is 31.5 Å². The van der Waals surface area contributed by atoms with Crippen molar-refractivity contribution in [3.63, 3.8) is 0 Å². The van der Waals surface area contributed by atoms with Crippen molar-refractivity contribution in [1.82, 2.24) is 14.9 Å². The van der Waals surface area contributed by atoms with Crippen LogP contribution in [0.2, 0.25) is 0 Å². The van der Waals surface area contributed by atoms with E-state index in [0.717, 1.165) is 37.0 Å². The highest BCUT2D eigenvalue weighted by atomic mass is 16.5. The van der Waals surface area contributed by atoms with Crippen molar-refractivity contribution in [2.45, 2.75) is 38.7 Å². The Kier molecular flexibility index (Phi) is 5.44. The van der Waals surface area contributed by atoms with Gasteiger partial charge in [0, 0.05) is 31.9 Å². The Hall–Kier alpha value is -1.68. The zero-order chi connectivity index (χ0) is 16.1. The van der Waals surface area contributed by atoms with Crippen molar-refractivity contribution in [2.75, 3.05) is 19.6 Å². The van der Waals surface area contributed by atoms with Gasteiger partial charge in [-0.3, -0.25) is 4.90 Å². The SMILES string of the molecule is C=CCCC(CN1CC2CC=CCC2C1)Oc1ccnc(C)n1. The van der Waals surface area contributed by atoms with E-state index in [1.165, 1.54) is 25.9 Å². The summed E-state index contributed by atoms with van der Waals surface area (Å²) in [6.07, 6.45) is 13.0. The van der Waals surface area contributed by atoms with E-state index in [4.69, 9.17) is 4.74 Å². The van der Waals surface area contributed by atoms with Gasteiger partial charge in [-0.25, -0.2) is 4.98 Å². The minimum Gasteiger partial charge on any atom is -0.473 e. The first-order valence-electron chi connectivity index (χ1n) is 8.69. The van der Waals surface area contributed by atoms with E-state index in [-0.39, 0.29) is 6.10 Å². The Morgan fingerprint density at radius 3 is 2.74 bits per heavy atom. The van der Waals surface area contributed by atoms with E-state index in [1.54, 1.807) is 6.20 Å². The van der Waals surface area contributed by atoms with Crippen molar-refractivity contribution in [2.24, 2.45) is 11.8 Å². The molecule has 0 radical (unpaired) electrons. The molecule has 3 atom stereocenters. The zero-order valence-corrected chi connectivity index (χ0v) is 14.0. The number of hydrogen-bond acceptors (Lipinski definition) is 4. The smallest absolute Gasteiger partial charge is 0.216 e. The van der Waals surface area contributed by atoms with E-state index in [9.17, 15) is 0 Å². The van der Waals surface area contributed by atoms with Crippen LogP contribution in [0.5, 0.6) is 5.88 Å². The predicted octanol–water partition coefficient (Wildman–Crippen LogP) is 3.40. The third-order valence-corrected chi connectivity index (χ3v) is 4.89. The Balaban J connectivity index is 1.59. The maximum absolute atomic E-state index is 6.16. The topological polar surface area (TPSA) is 38.2 Å². The molecule has 0 bridgehead atoms. The molecule has 0 aromatic carbocycles. The Morgan fingerprint density at radius 2 is 2.09 bits per heavy atom. The number of fused-ring (bicyclic) bond motifs is 1. The molecule has 124 valence electrons. The second kappa shape index (κ2) is 7.73. The van der Waals surface area contributed by atoms with Crippen LogP contribution in [0.3, 0.4) is 0 Å². The molecule has 0 N–H and O–H groups in total. The van der Waals surface area contributed by atoms with Crippen LogP contribution < -0.4 is 4.74 Å². The molecule has 3 rings (SSSR count). The van der Waals surface area contributed by atoms with Gasteiger partial charge in [0.1, 0.15) is 11.9 Å². The van der Waals surface area contributed by atoms with Gasteiger partial charge >= 0.3 is 0 Å². The highest BCUT2D eigenvalue weighted by molar-refractivity contribution is 5.08. The van der Waals surface area contributed by atoms with E-state index < -0.39 is 0 Å². The van der Waals surface area contributed by atoms with E-state index in [2.05, 4.69) is 33.6 Å². The van der Waals surface area contributed by atoms with E-state index in [0.29, 0.717) is 5.88 Å². The lowest BCUT2D eigenvalue weighted by atomic mass is 9.86. The lowest BCUT2D eigenvalue weighted by molar-refractivity contribution is 0.131. The van der Waals surface area contributed by atoms with Crippen LogP contribution in [0.15, 0.2) is 37.1 Å². The van der Waals surface area contributed by atoms with Gasteiger partial charge in [-0.05, 0) is 44.4 Å². The lowest BCUT2D eigenvalue weighted by Gasteiger charge is -2.24. The normalized spacial score (nSPS) is 25.1. The van der Waals surface area contributed by atoms with Crippen LogP contribution in [0.4, 0.5) is 0 Å². The summed E-state index contributed by atoms with van der Waals surface area (Å²) in [7, 11) is 0. The average molecular weight is 313 g/mol. The quantitative estimate of drug-likeness (QED) is 0.723. The standard InChI is InChI=1S/C19H27N3O/c1-3-4-9-18(23-19-10-11-20-15(2)21-19)14-22-12-16-7-5-6-8-17(16)13-22/h3,5-6,10-11,16-18H,1,4,7-9,12-14H2,2H3. The minimum atomic E-state index is 0.162. The number of rotatable bonds is 7. The van der Waals surface area contributed by atoms with Crippen molar-refractivity contribution in [3.05, 3.63) is 42.9 Å². The maximum Gasteiger partial charge on any atom is 0.216 e. The highest BCUT2D eigenvalue weighted by Crippen LogP contribution is 2.33. The molecule has 4 nitrogen and oxygen atoms in total. The van der Waals surface area contributed by atoms with Crippen molar-refractivity contribution < 1.29 is 4.74 Å². The van der Waals surface area contributed by atoms with E-state index >= 15 is 0 Å². The van der Waals surface area contributed by atoms with Crippen LogP contribution in [0, 0.1) is 18.8 Å². The molecule has 23 heavy (non-hydrogen) atoms. The molecule has 1 saturated heterocycles. The number of ether oxygens (including phenoxy) is 1.